The number of amides is 1. The van der Waals surface area contributed by atoms with Crippen molar-refractivity contribution in [1.29, 1.82) is 0 Å². The molecule has 0 fully saturated rings. The second-order valence-corrected chi connectivity index (χ2v) is 7.02. The summed E-state index contributed by atoms with van der Waals surface area (Å²) in [6.07, 6.45) is 0. The number of carbonyl (C=O) groups is 1. The largest absolute Gasteiger partial charge is 0.369 e. The lowest BCUT2D eigenvalue weighted by molar-refractivity contribution is 0.102. The number of carbonyl (C=O) groups excluding carboxylic acids is 1. The molecule has 0 aliphatic rings. The lowest BCUT2D eigenvalue weighted by Gasteiger charge is -2.07. The molecule has 0 radical (unpaired) electrons. The summed E-state index contributed by atoms with van der Waals surface area (Å²) in [5, 5.41) is 3.19. The zero-order valence-electron chi connectivity index (χ0n) is 12.0. The maximum absolute atomic E-state index is 12.1. The summed E-state index contributed by atoms with van der Waals surface area (Å²) in [7, 11) is -3.97. The Balaban J connectivity index is 2.18. The fourth-order valence-electron chi connectivity index (χ4n) is 1.74. The molecule has 0 heterocycles. The Hall–Kier alpha value is -2.29. The first kappa shape index (κ1) is 18.1. The van der Waals surface area contributed by atoms with Gasteiger partial charge in [0.1, 0.15) is 0 Å². The van der Waals surface area contributed by atoms with Crippen LogP contribution < -0.4 is 16.8 Å². The monoisotopic (exact) mass is 386 g/mol. The highest BCUT2D eigenvalue weighted by molar-refractivity contribution is 7.90. The number of nitrogens with one attached hydrogen (secondary N) is 1. The Bertz CT molecular complexity index is 908. The van der Waals surface area contributed by atoms with E-state index in [1.807, 2.05) is 0 Å². The van der Waals surface area contributed by atoms with E-state index in [-0.39, 0.29) is 9.92 Å². The topological polar surface area (TPSA) is 128 Å². The third-order valence-electron chi connectivity index (χ3n) is 2.82. The van der Waals surface area contributed by atoms with Crippen LogP contribution in [0.4, 0.5) is 5.69 Å². The van der Waals surface area contributed by atoms with Gasteiger partial charge in [0, 0.05) is 11.3 Å². The predicted molar refractivity (Wildman–Crippen MR) is 93.9 cm³/mol. The van der Waals surface area contributed by atoms with Crippen LogP contribution in [0.2, 0.25) is 10.0 Å². The minimum absolute atomic E-state index is 0.108. The van der Waals surface area contributed by atoms with Crippen molar-refractivity contribution < 1.29 is 13.2 Å². The molecule has 0 aliphatic heterocycles. The van der Waals surface area contributed by atoms with Gasteiger partial charge in [-0.3, -0.25) is 4.79 Å². The summed E-state index contributed by atoms with van der Waals surface area (Å²) < 4.78 is 26.8. The maximum atomic E-state index is 12.1. The molecule has 0 saturated carbocycles. The summed E-state index contributed by atoms with van der Waals surface area (Å²) in [4.78, 5) is 12.0. The Morgan fingerprint density at radius 3 is 2.17 bits per heavy atom. The van der Waals surface area contributed by atoms with Crippen LogP contribution in [-0.4, -0.2) is 20.3 Å². The smallest absolute Gasteiger partial charge is 0.285 e. The van der Waals surface area contributed by atoms with E-state index in [0.29, 0.717) is 16.3 Å². The minimum Gasteiger partial charge on any atom is -0.369 e. The number of hydrogen-bond acceptors (Lipinski definition) is 3. The first-order chi connectivity index (χ1) is 11.2. The predicted octanol–water partition coefficient (Wildman–Crippen LogP) is 2.21. The molecule has 0 aromatic heterocycles. The SMILES string of the molecule is NC(N)=NS(=O)(=O)c1ccc(NC(=O)c2ccc(Cl)c(Cl)c2)cc1. The van der Waals surface area contributed by atoms with Gasteiger partial charge in [-0.05, 0) is 42.5 Å². The molecule has 2 aromatic rings. The normalized spacial score (nSPS) is 10.9. The zero-order valence-corrected chi connectivity index (χ0v) is 14.4. The number of sulfonamides is 1. The fraction of sp³-hybridized carbons (Fsp3) is 0. The van der Waals surface area contributed by atoms with Gasteiger partial charge in [-0.25, -0.2) is 0 Å². The summed E-state index contributed by atoms with van der Waals surface area (Å²) in [6.45, 7) is 0. The van der Waals surface area contributed by atoms with Gasteiger partial charge < -0.3 is 16.8 Å². The second kappa shape index (κ2) is 7.08. The quantitative estimate of drug-likeness (QED) is 0.547. The Morgan fingerprint density at radius 1 is 1.00 bits per heavy atom. The van der Waals surface area contributed by atoms with Crippen molar-refractivity contribution in [3.8, 4) is 0 Å². The van der Waals surface area contributed by atoms with Crippen molar-refractivity contribution in [2.24, 2.45) is 15.9 Å². The molecular weight excluding hydrogens is 375 g/mol. The summed E-state index contributed by atoms with van der Waals surface area (Å²) in [5.41, 5.74) is 10.8. The summed E-state index contributed by atoms with van der Waals surface area (Å²) >= 11 is 11.7. The van der Waals surface area contributed by atoms with Crippen LogP contribution in [-0.2, 0) is 10.0 Å². The highest BCUT2D eigenvalue weighted by Crippen LogP contribution is 2.23. The van der Waals surface area contributed by atoms with E-state index in [1.165, 1.54) is 42.5 Å². The van der Waals surface area contributed by atoms with Crippen LogP contribution in [0, 0.1) is 0 Å². The Kier molecular flexibility index (Phi) is 5.33. The van der Waals surface area contributed by atoms with Crippen LogP contribution in [0.25, 0.3) is 0 Å². The number of benzene rings is 2. The first-order valence-corrected chi connectivity index (χ1v) is 8.61. The average molecular weight is 387 g/mol. The van der Waals surface area contributed by atoms with Gasteiger partial charge in [0.15, 0.2) is 0 Å². The van der Waals surface area contributed by atoms with Gasteiger partial charge in [-0.2, -0.15) is 8.42 Å². The maximum Gasteiger partial charge on any atom is 0.285 e. The van der Waals surface area contributed by atoms with Crippen molar-refractivity contribution in [1.82, 2.24) is 0 Å². The van der Waals surface area contributed by atoms with Crippen molar-refractivity contribution in [2.75, 3.05) is 5.32 Å². The number of rotatable bonds is 4. The highest BCUT2D eigenvalue weighted by Gasteiger charge is 2.14. The van der Waals surface area contributed by atoms with E-state index in [4.69, 9.17) is 34.7 Å². The summed E-state index contributed by atoms with van der Waals surface area (Å²) in [6, 6.07) is 9.80. The van der Waals surface area contributed by atoms with E-state index in [9.17, 15) is 13.2 Å². The molecule has 2 rings (SSSR count). The Morgan fingerprint density at radius 2 is 1.62 bits per heavy atom. The van der Waals surface area contributed by atoms with Crippen molar-refractivity contribution in [2.45, 2.75) is 4.90 Å². The van der Waals surface area contributed by atoms with Crippen molar-refractivity contribution >= 4 is 50.8 Å². The highest BCUT2D eigenvalue weighted by atomic mass is 35.5. The van der Waals surface area contributed by atoms with E-state index < -0.39 is 21.9 Å². The van der Waals surface area contributed by atoms with E-state index >= 15 is 0 Å². The van der Waals surface area contributed by atoms with Crippen molar-refractivity contribution in [3.63, 3.8) is 0 Å². The number of guanidine groups is 1. The average Bonchev–Trinajstić information content (AvgIpc) is 2.49. The van der Waals surface area contributed by atoms with Gasteiger partial charge in [0.05, 0.1) is 14.9 Å². The third kappa shape index (κ3) is 4.38. The molecular formula is C14H12Cl2N4O3S. The molecule has 0 bridgehead atoms. The molecule has 126 valence electrons. The number of anilines is 1. The van der Waals surface area contributed by atoms with Gasteiger partial charge in [-0.15, -0.1) is 4.40 Å². The molecule has 0 aliphatic carbocycles. The standard InChI is InChI=1S/C14H12Cl2N4O3S/c15-11-6-1-8(7-12(11)16)13(21)19-9-2-4-10(5-3-9)24(22,23)20-14(17)18/h1-7H,(H,19,21)(H4,17,18,20). The molecule has 0 unspecified atom stereocenters. The third-order valence-corrected chi connectivity index (χ3v) is 4.88. The van der Waals surface area contributed by atoms with Gasteiger partial charge in [0.2, 0.25) is 5.96 Å². The van der Waals surface area contributed by atoms with Crippen LogP contribution in [0.3, 0.4) is 0 Å². The van der Waals surface area contributed by atoms with Crippen LogP contribution in [0.5, 0.6) is 0 Å². The molecule has 1 amide bonds. The lowest BCUT2D eigenvalue weighted by atomic mass is 10.2. The zero-order chi connectivity index (χ0) is 17.9. The van der Waals surface area contributed by atoms with Gasteiger partial charge in [0.25, 0.3) is 15.9 Å². The molecule has 24 heavy (non-hydrogen) atoms. The molecule has 10 heteroatoms. The lowest BCUT2D eigenvalue weighted by Crippen LogP contribution is -2.24. The van der Waals surface area contributed by atoms with Gasteiger partial charge in [-0.1, -0.05) is 23.2 Å². The van der Waals surface area contributed by atoms with Crippen LogP contribution in [0.15, 0.2) is 51.8 Å². The number of nitrogens with two attached hydrogens (primary N) is 2. The first-order valence-electron chi connectivity index (χ1n) is 6.41. The number of halogens is 2. The molecule has 0 spiro atoms. The number of hydrogen-bond donors (Lipinski definition) is 3. The van der Waals surface area contributed by atoms with E-state index in [1.54, 1.807) is 0 Å². The molecule has 0 atom stereocenters. The Labute approximate surface area is 148 Å². The van der Waals surface area contributed by atoms with Crippen LogP contribution >= 0.6 is 23.2 Å². The molecule has 7 nitrogen and oxygen atoms in total. The van der Waals surface area contributed by atoms with E-state index in [2.05, 4.69) is 9.71 Å². The van der Waals surface area contributed by atoms with Gasteiger partial charge >= 0.3 is 0 Å². The number of nitrogens with zero attached hydrogens (tertiary/aromatic N) is 1. The second-order valence-electron chi connectivity index (χ2n) is 4.60. The molecule has 0 saturated heterocycles. The van der Waals surface area contributed by atoms with Crippen LogP contribution in [0.1, 0.15) is 10.4 Å². The van der Waals surface area contributed by atoms with Crippen molar-refractivity contribution in [3.05, 3.63) is 58.1 Å². The molecule has 2 aromatic carbocycles. The fourth-order valence-corrected chi connectivity index (χ4v) is 2.90. The minimum atomic E-state index is -3.97. The molecule has 5 N–H and O–H groups in total. The summed E-state index contributed by atoms with van der Waals surface area (Å²) in [5.74, 6) is -0.986. The van der Waals surface area contributed by atoms with E-state index in [0.717, 1.165) is 0 Å².